The first-order valence-electron chi connectivity index (χ1n) is 12.1. The molecule has 0 aliphatic heterocycles. The van der Waals surface area contributed by atoms with Crippen LogP contribution in [-0.2, 0) is 0 Å². The zero-order chi connectivity index (χ0) is 25.8. The average Bonchev–Trinajstić information content (AvgIpc) is 3.42. The molecule has 2 heteroatoms. The molecule has 0 saturated carbocycles. The van der Waals surface area contributed by atoms with Crippen molar-refractivity contribution in [2.75, 3.05) is 0 Å². The Hall–Kier alpha value is -3.46. The van der Waals surface area contributed by atoms with Gasteiger partial charge in [0.25, 0.3) is 0 Å². The van der Waals surface area contributed by atoms with Crippen molar-refractivity contribution in [3.63, 3.8) is 0 Å². The smallest absolute Gasteiger partial charge is 0.0433 e. The third kappa shape index (κ3) is 4.67. The van der Waals surface area contributed by atoms with Crippen LogP contribution in [0.25, 0.3) is 49.0 Å². The predicted octanol–water partition coefficient (Wildman–Crippen LogP) is 9.54. The summed E-state index contributed by atoms with van der Waals surface area (Å²) in [4.78, 5) is 1.27. The van der Waals surface area contributed by atoms with E-state index < -0.39 is 0 Å². The molecule has 2 aromatic heterocycles. The first-order valence-corrected chi connectivity index (χ1v) is 13.7. The minimum absolute atomic E-state index is 1.18. The van der Waals surface area contributed by atoms with Gasteiger partial charge in [-0.05, 0) is 56.0 Å². The van der Waals surface area contributed by atoms with Gasteiger partial charge in [0.05, 0.1) is 0 Å². The summed E-state index contributed by atoms with van der Waals surface area (Å²) < 4.78 is 3.83. The molecule has 0 N–H and O–H groups in total. The van der Waals surface area contributed by atoms with Crippen LogP contribution in [-0.4, -0.2) is 0 Å². The molecule has 0 nitrogen and oxygen atoms in total. The molecular weight excluding hydrogens is 473 g/mol. The number of rotatable bonds is 7. The van der Waals surface area contributed by atoms with Gasteiger partial charge in [-0.15, -0.1) is 22.7 Å². The molecule has 0 saturated heterocycles. The summed E-state index contributed by atoms with van der Waals surface area (Å²) in [6, 6.07) is 15.2. The topological polar surface area (TPSA) is 0 Å². The number of allylic oxidation sites excluding steroid dienone is 8. The predicted molar refractivity (Wildman–Crippen MR) is 168 cm³/mol. The number of benzene rings is 2. The third-order valence-corrected chi connectivity index (χ3v) is 8.80. The monoisotopic (exact) mass is 504 g/mol. The zero-order valence-corrected chi connectivity index (χ0v) is 23.2. The van der Waals surface area contributed by atoms with Crippen LogP contribution in [0.1, 0.15) is 43.7 Å². The van der Waals surface area contributed by atoms with Crippen LogP contribution in [0.2, 0.25) is 0 Å². The third-order valence-electron chi connectivity index (χ3n) is 6.21. The summed E-state index contributed by atoms with van der Waals surface area (Å²) in [5.74, 6) is 0. The summed E-state index contributed by atoms with van der Waals surface area (Å²) in [6.07, 6.45) is 14.5. The van der Waals surface area contributed by atoms with Crippen molar-refractivity contribution in [3.8, 4) is 0 Å². The van der Waals surface area contributed by atoms with E-state index in [0.29, 0.717) is 0 Å². The van der Waals surface area contributed by atoms with Crippen molar-refractivity contribution in [3.05, 3.63) is 124 Å². The Morgan fingerprint density at radius 1 is 0.861 bits per heavy atom. The van der Waals surface area contributed by atoms with Gasteiger partial charge in [-0.25, -0.2) is 0 Å². The molecule has 36 heavy (non-hydrogen) atoms. The van der Waals surface area contributed by atoms with Crippen LogP contribution in [0, 0.1) is 0 Å². The number of thiophene rings is 2. The van der Waals surface area contributed by atoms with E-state index in [-0.39, 0.29) is 0 Å². The van der Waals surface area contributed by atoms with Crippen molar-refractivity contribution in [2.24, 2.45) is 0 Å². The van der Waals surface area contributed by atoms with E-state index in [0.717, 1.165) is 0 Å². The Labute approximate surface area is 222 Å². The van der Waals surface area contributed by atoms with E-state index in [2.05, 4.69) is 114 Å². The molecule has 0 aliphatic rings. The number of hydrogen-bond donors (Lipinski definition) is 0. The van der Waals surface area contributed by atoms with E-state index in [1.54, 1.807) is 0 Å². The number of fused-ring (bicyclic) bond motifs is 2. The van der Waals surface area contributed by atoms with Gasteiger partial charge in [-0.3, -0.25) is 0 Å². The Bertz CT molecular complexity index is 1700. The van der Waals surface area contributed by atoms with E-state index in [4.69, 9.17) is 0 Å². The Morgan fingerprint density at radius 2 is 1.61 bits per heavy atom. The molecule has 0 fully saturated rings. The zero-order valence-electron chi connectivity index (χ0n) is 21.5. The minimum Gasteiger partial charge on any atom is -0.135 e. The highest BCUT2D eigenvalue weighted by Gasteiger charge is 2.17. The Morgan fingerprint density at radius 3 is 2.28 bits per heavy atom. The highest BCUT2D eigenvalue weighted by atomic mass is 32.1. The fourth-order valence-corrected chi connectivity index (χ4v) is 7.37. The minimum atomic E-state index is 1.18. The first-order chi connectivity index (χ1) is 17.4. The van der Waals surface area contributed by atoms with E-state index >= 15 is 0 Å². The van der Waals surface area contributed by atoms with Crippen LogP contribution < -0.4 is 9.75 Å². The molecule has 2 aromatic carbocycles. The molecule has 0 aliphatic carbocycles. The molecule has 0 atom stereocenters. The van der Waals surface area contributed by atoms with E-state index in [1.807, 2.05) is 40.9 Å². The van der Waals surface area contributed by atoms with Crippen LogP contribution in [0.3, 0.4) is 0 Å². The van der Waals surface area contributed by atoms with Crippen molar-refractivity contribution < 1.29 is 0 Å². The van der Waals surface area contributed by atoms with Gasteiger partial charge in [0.1, 0.15) is 0 Å². The summed E-state index contributed by atoms with van der Waals surface area (Å²) in [7, 11) is 0. The van der Waals surface area contributed by atoms with Crippen LogP contribution in [0.5, 0.6) is 0 Å². The fourth-order valence-electron chi connectivity index (χ4n) is 4.69. The average molecular weight is 505 g/mol. The number of hydrogen-bond acceptors (Lipinski definition) is 2. The van der Waals surface area contributed by atoms with Gasteiger partial charge in [0.15, 0.2) is 0 Å². The second-order valence-electron chi connectivity index (χ2n) is 8.88. The molecule has 4 rings (SSSR count). The molecule has 2 heterocycles. The van der Waals surface area contributed by atoms with Crippen molar-refractivity contribution >= 4 is 71.7 Å². The lowest BCUT2D eigenvalue weighted by Gasteiger charge is -2.07. The summed E-state index contributed by atoms with van der Waals surface area (Å²) >= 11 is 3.69. The van der Waals surface area contributed by atoms with Gasteiger partial charge in [-0.1, -0.05) is 104 Å². The maximum absolute atomic E-state index is 4.15. The van der Waals surface area contributed by atoms with Gasteiger partial charge in [0, 0.05) is 40.4 Å². The van der Waals surface area contributed by atoms with E-state index in [9.17, 15) is 0 Å². The highest BCUT2D eigenvalue weighted by Crippen LogP contribution is 2.39. The lowest BCUT2D eigenvalue weighted by Crippen LogP contribution is -2.21. The van der Waals surface area contributed by atoms with Gasteiger partial charge < -0.3 is 0 Å². The SMILES string of the molecule is C=C\C=c1/c(=C(C)/C(=C/C)c2sc3ccccc3c2C=C)sc2c(/C(C=C(C)C)=C/C=C)cccc12. The molecule has 0 amide bonds. The lowest BCUT2D eigenvalue weighted by molar-refractivity contribution is 1.40. The molecule has 4 aromatic rings. The maximum Gasteiger partial charge on any atom is 0.0433 e. The van der Waals surface area contributed by atoms with Gasteiger partial charge >= 0.3 is 0 Å². The molecule has 180 valence electrons. The Balaban J connectivity index is 2.09. The van der Waals surface area contributed by atoms with Crippen molar-refractivity contribution in [1.82, 2.24) is 0 Å². The quantitative estimate of drug-likeness (QED) is 0.220. The first kappa shape index (κ1) is 25.6. The molecule has 0 radical (unpaired) electrons. The maximum atomic E-state index is 4.15. The summed E-state index contributed by atoms with van der Waals surface area (Å²) in [5, 5.41) is 3.73. The lowest BCUT2D eigenvalue weighted by atomic mass is 9.99. The molecule has 0 unspecified atom stereocenters. The van der Waals surface area contributed by atoms with Crippen LogP contribution >= 0.6 is 22.7 Å². The molecule has 0 bridgehead atoms. The fraction of sp³-hybridized carbons (Fsp3) is 0.118. The normalized spacial score (nSPS) is 13.7. The van der Waals surface area contributed by atoms with Gasteiger partial charge in [0.2, 0.25) is 0 Å². The van der Waals surface area contributed by atoms with Crippen LogP contribution in [0.4, 0.5) is 0 Å². The van der Waals surface area contributed by atoms with E-state index in [1.165, 1.54) is 68.2 Å². The van der Waals surface area contributed by atoms with Crippen LogP contribution in [0.15, 0.2) is 98.2 Å². The summed E-state index contributed by atoms with van der Waals surface area (Å²) in [5.41, 5.74) is 7.39. The molecular formula is C34H32S2. The van der Waals surface area contributed by atoms with Gasteiger partial charge in [-0.2, -0.15) is 0 Å². The second-order valence-corrected chi connectivity index (χ2v) is 11.0. The standard InChI is InChI=1S/C34H32S2/c1-8-15-24(21-22(5)6)27-18-14-19-30-29(16-9-2)32(36-34(27)30)23(7)25(10-3)33-26(11-4)28-17-12-13-20-31(28)35-33/h8-21H,1-2,4H2,3,5-7H3/b24-15+,25-10-,29-16-,32-23-. The second kappa shape index (κ2) is 11.1. The Kier molecular flexibility index (Phi) is 7.88. The largest absolute Gasteiger partial charge is 0.135 e. The summed E-state index contributed by atoms with van der Waals surface area (Å²) in [6.45, 7) is 20.8. The highest BCUT2D eigenvalue weighted by molar-refractivity contribution is 7.20. The van der Waals surface area contributed by atoms with Crippen molar-refractivity contribution in [1.29, 1.82) is 0 Å². The molecule has 0 spiro atoms. The van der Waals surface area contributed by atoms with Crippen molar-refractivity contribution in [2.45, 2.75) is 27.7 Å².